The number of benzene rings is 2. The third-order valence-electron chi connectivity index (χ3n) is 7.97. The van der Waals surface area contributed by atoms with Crippen molar-refractivity contribution in [3.8, 4) is 5.75 Å². The van der Waals surface area contributed by atoms with Gasteiger partial charge in [-0.3, -0.25) is 19.3 Å². The fourth-order valence-electron chi connectivity index (χ4n) is 6.18. The Morgan fingerprint density at radius 3 is 2.36 bits per heavy atom. The van der Waals surface area contributed by atoms with Crippen LogP contribution in [0.3, 0.4) is 0 Å². The quantitative estimate of drug-likeness (QED) is 0.193. The zero-order valence-electron chi connectivity index (χ0n) is 21.2. The van der Waals surface area contributed by atoms with E-state index in [4.69, 9.17) is 5.73 Å². The zero-order valence-corrected chi connectivity index (χ0v) is 23.3. The van der Waals surface area contributed by atoms with Gasteiger partial charge < -0.3 is 26.2 Å². The average molecular weight is 642 g/mol. The van der Waals surface area contributed by atoms with E-state index in [0.717, 1.165) is 14.7 Å². The van der Waals surface area contributed by atoms with Gasteiger partial charge in [0, 0.05) is 15.1 Å². The molecule has 0 radical (unpaired) electrons. The molecule has 9 nitrogen and oxygen atoms in total. The number of primary amides is 1. The highest BCUT2D eigenvalue weighted by atomic mass is 127. The number of likely N-dealkylation sites (N-methyl/N-ethyl adjacent to an activating group) is 1. The number of amides is 1. The van der Waals surface area contributed by atoms with Gasteiger partial charge in [-0.2, -0.15) is 0 Å². The first-order valence-corrected chi connectivity index (χ1v) is 13.4. The van der Waals surface area contributed by atoms with Crippen LogP contribution >= 0.6 is 22.6 Å². The van der Waals surface area contributed by atoms with Gasteiger partial charge in [0.2, 0.25) is 5.78 Å². The number of phenols is 1. The predicted octanol–water partition coefficient (Wildman–Crippen LogP) is 2.74. The van der Waals surface area contributed by atoms with E-state index in [1.807, 2.05) is 36.4 Å². The third-order valence-corrected chi connectivity index (χ3v) is 8.68. The highest BCUT2D eigenvalue weighted by Crippen LogP contribution is 2.53. The molecule has 0 spiro atoms. The Bertz CT molecular complexity index is 1520. The maximum atomic E-state index is 13.9. The van der Waals surface area contributed by atoms with Crippen molar-refractivity contribution in [2.24, 2.45) is 17.6 Å². The molecule has 10 heteroatoms. The fourth-order valence-corrected chi connectivity index (χ4v) is 6.54. The highest BCUT2D eigenvalue weighted by molar-refractivity contribution is 14.1. The van der Waals surface area contributed by atoms with Gasteiger partial charge in [-0.05, 0) is 90.3 Å². The summed E-state index contributed by atoms with van der Waals surface area (Å²) < 4.78 is 1.09. The maximum absolute atomic E-state index is 13.9. The maximum Gasteiger partial charge on any atom is 0.255 e. The van der Waals surface area contributed by atoms with Crippen LogP contribution in [0.5, 0.6) is 5.75 Å². The van der Waals surface area contributed by atoms with Crippen molar-refractivity contribution in [3.63, 3.8) is 0 Å². The van der Waals surface area contributed by atoms with E-state index in [-0.39, 0.29) is 29.7 Å². The molecule has 0 unspecified atom stereocenters. The number of carbonyl (C=O) groups excluding carboxylic acids is 3. The minimum atomic E-state index is -2.65. The molecular weight excluding hydrogens is 615 g/mol. The Labute approximate surface area is 238 Å². The molecule has 0 saturated heterocycles. The van der Waals surface area contributed by atoms with Crippen molar-refractivity contribution in [1.82, 2.24) is 4.90 Å². The smallest absolute Gasteiger partial charge is 0.255 e. The number of Topliss-reactive ketones (excluding diaryl/α,β-unsaturated/α-hetero) is 2. The van der Waals surface area contributed by atoms with Crippen molar-refractivity contribution in [1.29, 1.82) is 0 Å². The number of aliphatic hydroxyl groups excluding tert-OH is 2. The lowest BCUT2D eigenvalue weighted by atomic mass is 9.57. The summed E-state index contributed by atoms with van der Waals surface area (Å²) in [6.45, 7) is 0. The van der Waals surface area contributed by atoms with Crippen LogP contribution in [-0.2, 0) is 20.8 Å². The van der Waals surface area contributed by atoms with Crippen LogP contribution < -0.4 is 5.73 Å². The molecule has 4 atom stereocenters. The van der Waals surface area contributed by atoms with E-state index in [0.29, 0.717) is 5.56 Å². The van der Waals surface area contributed by atoms with Crippen LogP contribution in [0.15, 0.2) is 53.3 Å². The Hall–Kier alpha value is -3.48. The molecule has 6 N–H and O–H groups in total. The molecule has 2 aromatic rings. The SMILES string of the molecule is CN(C)[C@@H]1C(=O)C(C(N)=O)=C(O)[C@@]2(O)C(=O)C3=C(O)c4c(O)ccc(/C=C/c5ccc(I)cc5)c4C[C@H]3C[C@@H]12. The van der Waals surface area contributed by atoms with Gasteiger partial charge in [0.15, 0.2) is 11.4 Å². The standard InChI is InChI=1S/C29H27IN2O7/c1-32(2)23-18-12-15-11-17-14(6-3-13-4-8-16(30)9-5-13)7-10-19(33)21(17)24(34)20(15)26(36)29(18,39)27(37)22(25(23)35)28(31)38/h3-10,15,18,23,33-34,37,39H,11-12H2,1-2H3,(H2,31,38)/b6-3+/t15-,18-,23-,29-/m0/s1. The lowest BCUT2D eigenvalue weighted by molar-refractivity contribution is -0.153. The second-order valence-electron chi connectivity index (χ2n) is 10.4. The number of nitrogens with zero attached hydrogens (tertiary/aromatic N) is 1. The van der Waals surface area contributed by atoms with E-state index < -0.39 is 58.0 Å². The molecule has 3 aliphatic carbocycles. The summed E-state index contributed by atoms with van der Waals surface area (Å²) in [5.41, 5.74) is 4.06. The van der Waals surface area contributed by atoms with Gasteiger partial charge in [0.1, 0.15) is 22.8 Å². The molecule has 1 saturated carbocycles. The zero-order chi connectivity index (χ0) is 28.4. The Morgan fingerprint density at radius 2 is 1.74 bits per heavy atom. The summed E-state index contributed by atoms with van der Waals surface area (Å²) in [6, 6.07) is 9.89. The molecule has 1 amide bonds. The molecular formula is C29H27IN2O7. The normalized spacial score (nSPS) is 26.6. The lowest BCUT2D eigenvalue weighted by Crippen LogP contribution is -2.65. The van der Waals surface area contributed by atoms with Crippen LogP contribution in [0.2, 0.25) is 0 Å². The second-order valence-corrected chi connectivity index (χ2v) is 11.6. The molecule has 202 valence electrons. The van der Waals surface area contributed by atoms with Crippen LogP contribution in [0.1, 0.15) is 28.7 Å². The van der Waals surface area contributed by atoms with Crippen LogP contribution in [0.25, 0.3) is 17.9 Å². The van der Waals surface area contributed by atoms with Gasteiger partial charge in [0.25, 0.3) is 5.91 Å². The summed E-state index contributed by atoms with van der Waals surface area (Å²) in [5.74, 6) is -6.66. The molecule has 0 bridgehead atoms. The first-order chi connectivity index (χ1) is 18.4. The molecule has 1 fully saturated rings. The highest BCUT2D eigenvalue weighted by Gasteiger charge is 2.64. The van der Waals surface area contributed by atoms with Gasteiger partial charge in [0.05, 0.1) is 11.6 Å². The number of rotatable bonds is 4. The average Bonchev–Trinajstić information content (AvgIpc) is 2.86. The Balaban J connectivity index is 1.66. The van der Waals surface area contributed by atoms with E-state index in [1.165, 1.54) is 11.0 Å². The number of fused-ring (bicyclic) bond motifs is 3. The van der Waals surface area contributed by atoms with Crippen LogP contribution in [0.4, 0.5) is 0 Å². The molecule has 0 heterocycles. The Morgan fingerprint density at radius 1 is 1.08 bits per heavy atom. The van der Waals surface area contributed by atoms with Gasteiger partial charge in [-0.25, -0.2) is 0 Å². The summed E-state index contributed by atoms with van der Waals surface area (Å²) in [4.78, 5) is 40.6. The fraction of sp³-hybridized carbons (Fsp3) is 0.276. The van der Waals surface area contributed by atoms with Gasteiger partial charge >= 0.3 is 0 Å². The van der Waals surface area contributed by atoms with Crippen LogP contribution in [-0.4, -0.2) is 68.5 Å². The number of ketones is 2. The summed E-state index contributed by atoms with van der Waals surface area (Å²) in [7, 11) is 3.14. The van der Waals surface area contributed by atoms with Gasteiger partial charge in [-0.15, -0.1) is 0 Å². The molecule has 0 aromatic heterocycles. The van der Waals surface area contributed by atoms with Crippen molar-refractivity contribution in [2.75, 3.05) is 14.1 Å². The monoisotopic (exact) mass is 642 g/mol. The first-order valence-electron chi connectivity index (χ1n) is 12.3. The molecule has 39 heavy (non-hydrogen) atoms. The molecule has 2 aromatic carbocycles. The molecule has 3 aliphatic rings. The van der Waals surface area contributed by atoms with Crippen molar-refractivity contribution < 1.29 is 34.8 Å². The number of halogens is 1. The minimum absolute atomic E-state index is 0.0433. The van der Waals surface area contributed by atoms with Crippen molar-refractivity contribution in [2.45, 2.75) is 24.5 Å². The number of carbonyl (C=O) groups is 3. The van der Waals surface area contributed by atoms with E-state index in [9.17, 15) is 34.8 Å². The number of hydrogen-bond acceptors (Lipinski definition) is 8. The molecule has 5 rings (SSSR count). The lowest BCUT2D eigenvalue weighted by Gasteiger charge is -2.50. The van der Waals surface area contributed by atoms with Crippen molar-refractivity contribution >= 4 is 58.0 Å². The summed E-state index contributed by atoms with van der Waals surface area (Å²) >= 11 is 2.22. The second kappa shape index (κ2) is 9.61. The number of aromatic hydroxyl groups is 1. The van der Waals surface area contributed by atoms with Crippen molar-refractivity contribution in [3.05, 3.63) is 79.1 Å². The summed E-state index contributed by atoms with van der Waals surface area (Å²) in [6.07, 6.45) is 4.04. The van der Waals surface area contributed by atoms with E-state index in [2.05, 4.69) is 22.6 Å². The van der Waals surface area contributed by atoms with Crippen LogP contribution in [0, 0.1) is 15.4 Å². The number of nitrogens with two attached hydrogens (primary N) is 1. The number of hydrogen-bond donors (Lipinski definition) is 5. The summed E-state index contributed by atoms with van der Waals surface area (Å²) in [5, 5.41) is 44.6. The Kier molecular flexibility index (Phi) is 6.68. The predicted molar refractivity (Wildman–Crippen MR) is 152 cm³/mol. The first kappa shape index (κ1) is 27.1. The third kappa shape index (κ3) is 4.09. The van der Waals surface area contributed by atoms with E-state index >= 15 is 0 Å². The number of phenolic OH excluding ortho intramolecular Hbond substituents is 1. The van der Waals surface area contributed by atoms with E-state index in [1.54, 1.807) is 20.2 Å². The largest absolute Gasteiger partial charge is 0.508 e. The number of aliphatic hydroxyl groups is 3. The minimum Gasteiger partial charge on any atom is -0.508 e. The topological polar surface area (TPSA) is 161 Å². The van der Waals surface area contributed by atoms with Gasteiger partial charge in [-0.1, -0.05) is 30.4 Å². The molecule has 0 aliphatic heterocycles.